The third-order valence-corrected chi connectivity index (χ3v) is 2.25. The summed E-state index contributed by atoms with van der Waals surface area (Å²) in [7, 11) is 0. The predicted molar refractivity (Wildman–Crippen MR) is 61.1 cm³/mol. The Balaban J connectivity index is 0.000000160. The number of hydrogen-bond acceptors (Lipinski definition) is 3. The van der Waals surface area contributed by atoms with Gasteiger partial charge in [0, 0.05) is 18.8 Å². The Hall–Kier alpha value is -1.62. The molecule has 1 aliphatic heterocycles. The van der Waals surface area contributed by atoms with Crippen LogP contribution >= 0.6 is 0 Å². The molecule has 1 aromatic rings. The lowest BCUT2D eigenvalue weighted by atomic mass is 10.2. The van der Waals surface area contributed by atoms with Crippen molar-refractivity contribution < 1.29 is 9.90 Å². The lowest BCUT2D eigenvalue weighted by Crippen LogP contribution is -2.29. The van der Waals surface area contributed by atoms with E-state index in [1.165, 1.54) is 0 Å². The van der Waals surface area contributed by atoms with Crippen LogP contribution in [0.5, 0.6) is 0 Å². The van der Waals surface area contributed by atoms with E-state index in [1.54, 1.807) is 12.4 Å². The van der Waals surface area contributed by atoms with Gasteiger partial charge in [-0.2, -0.15) is 0 Å². The Labute approximate surface area is 94.6 Å². The topological polar surface area (TPSA) is 78.0 Å². The van der Waals surface area contributed by atoms with E-state index in [2.05, 4.69) is 21.9 Å². The molecule has 16 heavy (non-hydrogen) atoms. The van der Waals surface area contributed by atoms with E-state index in [0.717, 1.165) is 31.6 Å². The first-order valence-corrected chi connectivity index (χ1v) is 5.29. The number of nitrogens with one attached hydrogen (secondary N) is 2. The van der Waals surface area contributed by atoms with Crippen molar-refractivity contribution in [2.24, 2.45) is 0 Å². The molecule has 1 saturated heterocycles. The van der Waals surface area contributed by atoms with Crippen LogP contribution in [-0.2, 0) is 11.2 Å². The predicted octanol–water partition coefficient (Wildman–Crippen LogP) is 0.961. The Kier molecular flexibility index (Phi) is 5.28. The van der Waals surface area contributed by atoms with Crippen molar-refractivity contribution in [2.45, 2.75) is 25.3 Å². The van der Waals surface area contributed by atoms with E-state index in [4.69, 9.17) is 5.11 Å². The van der Waals surface area contributed by atoms with Crippen LogP contribution in [0.15, 0.2) is 25.0 Å². The summed E-state index contributed by atoms with van der Waals surface area (Å²) in [5.74, 6) is 0.252. The first-order chi connectivity index (χ1) is 7.74. The van der Waals surface area contributed by atoms with Crippen LogP contribution in [0.25, 0.3) is 0 Å². The van der Waals surface area contributed by atoms with Gasteiger partial charge in [-0.15, -0.1) is 6.58 Å². The van der Waals surface area contributed by atoms with Crippen molar-refractivity contribution in [3.05, 3.63) is 30.9 Å². The molecular formula is C11H17N3O2. The second-order valence-corrected chi connectivity index (χ2v) is 3.52. The van der Waals surface area contributed by atoms with E-state index in [-0.39, 0.29) is 6.04 Å². The molecule has 3 N–H and O–H groups in total. The van der Waals surface area contributed by atoms with Gasteiger partial charge in [0.25, 0.3) is 0 Å². The molecule has 5 nitrogen and oxygen atoms in total. The number of carbonyl (C=O) groups is 1. The summed E-state index contributed by atoms with van der Waals surface area (Å²) in [5, 5.41) is 11.2. The number of nitrogens with zero attached hydrogens (tertiary/aromatic N) is 1. The smallest absolute Gasteiger partial charge is 0.320 e. The van der Waals surface area contributed by atoms with Crippen LogP contribution in [0, 0.1) is 0 Å². The lowest BCUT2D eigenvalue weighted by molar-refractivity contribution is -0.139. The van der Waals surface area contributed by atoms with Gasteiger partial charge in [0.1, 0.15) is 11.9 Å². The van der Waals surface area contributed by atoms with E-state index in [9.17, 15) is 4.79 Å². The molecule has 1 fully saturated rings. The van der Waals surface area contributed by atoms with Gasteiger partial charge in [-0.05, 0) is 19.4 Å². The highest BCUT2D eigenvalue weighted by Crippen LogP contribution is 2.03. The molecule has 2 heterocycles. The summed E-state index contributed by atoms with van der Waals surface area (Å²) < 4.78 is 0. The number of imidazole rings is 1. The molecule has 1 aliphatic rings. The zero-order chi connectivity index (χ0) is 11.8. The minimum atomic E-state index is -0.720. The lowest BCUT2D eigenvalue weighted by Gasteiger charge is -1.99. The van der Waals surface area contributed by atoms with Crippen LogP contribution in [0.1, 0.15) is 18.7 Å². The molecule has 2 rings (SSSR count). The summed E-state index contributed by atoms with van der Waals surface area (Å²) in [6.45, 7) is 4.43. The summed E-state index contributed by atoms with van der Waals surface area (Å²) in [6.07, 6.45) is 7.97. The van der Waals surface area contributed by atoms with Crippen LogP contribution in [0.4, 0.5) is 0 Å². The first kappa shape index (κ1) is 12.4. The zero-order valence-electron chi connectivity index (χ0n) is 9.15. The van der Waals surface area contributed by atoms with Gasteiger partial charge < -0.3 is 15.4 Å². The molecule has 0 amide bonds. The highest BCUT2D eigenvalue weighted by molar-refractivity contribution is 5.73. The number of rotatable bonds is 3. The average Bonchev–Trinajstić information content (AvgIpc) is 2.91. The van der Waals surface area contributed by atoms with E-state index < -0.39 is 5.97 Å². The average molecular weight is 223 g/mol. The van der Waals surface area contributed by atoms with Crippen molar-refractivity contribution >= 4 is 5.97 Å². The molecule has 1 atom stereocenters. The fourth-order valence-corrected chi connectivity index (χ4v) is 1.44. The third-order valence-electron chi connectivity index (χ3n) is 2.25. The van der Waals surface area contributed by atoms with Crippen molar-refractivity contribution in [1.82, 2.24) is 15.3 Å². The molecule has 5 heteroatoms. The molecule has 0 aromatic carbocycles. The number of allylic oxidation sites excluding steroid dienone is 1. The van der Waals surface area contributed by atoms with Gasteiger partial charge in [-0.1, -0.05) is 6.08 Å². The van der Waals surface area contributed by atoms with Gasteiger partial charge in [0.2, 0.25) is 0 Å². The van der Waals surface area contributed by atoms with Crippen LogP contribution in [0.2, 0.25) is 0 Å². The molecule has 0 saturated carbocycles. The SMILES string of the molecule is C=CCc1ncc[nH]1.O=C(O)[C@@H]1CCCN1. The van der Waals surface area contributed by atoms with Gasteiger partial charge in [-0.3, -0.25) is 4.79 Å². The second kappa shape index (κ2) is 6.79. The number of hydrogen-bond donors (Lipinski definition) is 3. The minimum absolute atomic E-state index is 0.269. The maximum Gasteiger partial charge on any atom is 0.320 e. The van der Waals surface area contributed by atoms with Crippen molar-refractivity contribution in [3.8, 4) is 0 Å². The number of carboxylic acids is 1. The van der Waals surface area contributed by atoms with Crippen molar-refractivity contribution in [3.63, 3.8) is 0 Å². The summed E-state index contributed by atoms with van der Waals surface area (Å²) in [5.41, 5.74) is 0. The van der Waals surface area contributed by atoms with Crippen LogP contribution in [0.3, 0.4) is 0 Å². The third kappa shape index (κ3) is 4.27. The monoisotopic (exact) mass is 223 g/mol. The standard InChI is InChI=1S/C6H8N2.C5H9NO2/c1-2-3-6-7-4-5-8-6;7-5(8)4-2-1-3-6-4/h2,4-5H,1,3H2,(H,7,8);4,6H,1-3H2,(H,7,8)/t;4-/m.0/s1. The largest absolute Gasteiger partial charge is 0.480 e. The molecule has 88 valence electrons. The van der Waals surface area contributed by atoms with Crippen LogP contribution < -0.4 is 5.32 Å². The molecule has 1 aromatic heterocycles. The fourth-order valence-electron chi connectivity index (χ4n) is 1.44. The van der Waals surface area contributed by atoms with E-state index >= 15 is 0 Å². The van der Waals surface area contributed by atoms with E-state index in [1.807, 2.05) is 6.08 Å². The number of H-pyrrole nitrogens is 1. The van der Waals surface area contributed by atoms with Crippen LogP contribution in [-0.4, -0.2) is 33.6 Å². The van der Waals surface area contributed by atoms with Gasteiger partial charge >= 0.3 is 5.97 Å². The minimum Gasteiger partial charge on any atom is -0.480 e. The maximum atomic E-state index is 10.1. The fraction of sp³-hybridized carbons (Fsp3) is 0.455. The van der Waals surface area contributed by atoms with Gasteiger partial charge in [-0.25, -0.2) is 4.98 Å². The zero-order valence-corrected chi connectivity index (χ0v) is 9.15. The first-order valence-electron chi connectivity index (χ1n) is 5.29. The quantitative estimate of drug-likeness (QED) is 0.667. The summed E-state index contributed by atoms with van der Waals surface area (Å²) in [4.78, 5) is 17.1. The Morgan fingerprint density at radius 2 is 2.56 bits per heavy atom. The molecule has 0 aliphatic carbocycles. The normalized spacial score (nSPS) is 18.6. The van der Waals surface area contributed by atoms with Gasteiger partial charge in [0.05, 0.1) is 0 Å². The van der Waals surface area contributed by atoms with Crippen molar-refractivity contribution in [1.29, 1.82) is 0 Å². The molecule has 0 unspecified atom stereocenters. The van der Waals surface area contributed by atoms with Gasteiger partial charge in [0.15, 0.2) is 0 Å². The molecule has 0 bridgehead atoms. The van der Waals surface area contributed by atoms with Crippen molar-refractivity contribution in [2.75, 3.05) is 6.54 Å². The number of aliphatic carboxylic acids is 1. The number of aromatic amines is 1. The summed E-state index contributed by atoms with van der Waals surface area (Å²) >= 11 is 0. The molecular weight excluding hydrogens is 206 g/mol. The number of aromatic nitrogens is 2. The highest BCUT2D eigenvalue weighted by atomic mass is 16.4. The second-order valence-electron chi connectivity index (χ2n) is 3.52. The summed E-state index contributed by atoms with van der Waals surface area (Å²) in [6, 6.07) is -0.269. The maximum absolute atomic E-state index is 10.1. The molecule has 0 spiro atoms. The Morgan fingerprint density at radius 3 is 2.94 bits per heavy atom. The highest BCUT2D eigenvalue weighted by Gasteiger charge is 2.20. The molecule has 0 radical (unpaired) electrons. The Bertz CT molecular complexity index is 316. The van der Waals surface area contributed by atoms with E-state index in [0.29, 0.717) is 0 Å². The Morgan fingerprint density at radius 1 is 1.75 bits per heavy atom. The number of carboxylic acid groups (broad SMARTS) is 1.